The van der Waals surface area contributed by atoms with Crippen LogP contribution in [-0.2, 0) is 10.0 Å². The van der Waals surface area contributed by atoms with Gasteiger partial charge in [0.1, 0.15) is 27.4 Å². The number of benzene rings is 2. The van der Waals surface area contributed by atoms with E-state index in [-0.39, 0.29) is 10.9 Å². The molecule has 1 atom stereocenters. The lowest BCUT2D eigenvalue weighted by Crippen LogP contribution is -2.31. The minimum absolute atomic E-state index is 0.197. The van der Waals surface area contributed by atoms with Crippen molar-refractivity contribution in [1.29, 1.82) is 0 Å². The topological polar surface area (TPSA) is 81.6 Å². The van der Waals surface area contributed by atoms with Gasteiger partial charge in [-0.25, -0.2) is 8.42 Å². The highest BCUT2D eigenvalue weighted by Crippen LogP contribution is 2.42. The predicted octanol–water partition coefficient (Wildman–Crippen LogP) is 3.23. The summed E-state index contributed by atoms with van der Waals surface area (Å²) in [6.45, 7) is 0.446. The van der Waals surface area contributed by atoms with Crippen LogP contribution in [0.25, 0.3) is 11.0 Å². The predicted molar refractivity (Wildman–Crippen MR) is 103 cm³/mol. The zero-order chi connectivity index (χ0) is 19.0. The largest absolute Gasteiger partial charge is 0.497 e. The molecule has 0 amide bonds. The first-order chi connectivity index (χ1) is 13.1. The maximum absolute atomic E-state index is 13.5. The Morgan fingerprint density at radius 1 is 1.15 bits per heavy atom. The Balaban J connectivity index is 1.81. The van der Waals surface area contributed by atoms with Crippen LogP contribution in [0.1, 0.15) is 24.4 Å². The lowest BCUT2D eigenvalue weighted by molar-refractivity contribution is 0.362. The molecule has 3 aromatic rings. The van der Waals surface area contributed by atoms with E-state index in [9.17, 15) is 8.42 Å². The summed E-state index contributed by atoms with van der Waals surface area (Å²) in [5.41, 5.74) is 1.82. The number of fused-ring (bicyclic) bond motifs is 1. The summed E-state index contributed by atoms with van der Waals surface area (Å²) in [6.07, 6.45) is 1.49. The molecule has 0 saturated carbocycles. The average Bonchev–Trinajstić information content (AvgIpc) is 3.36. The van der Waals surface area contributed by atoms with Gasteiger partial charge in [0.2, 0.25) is 10.0 Å². The molecule has 1 saturated heterocycles. The number of nitrogens with zero attached hydrogens (tertiary/aromatic N) is 3. The van der Waals surface area contributed by atoms with Gasteiger partial charge in [-0.15, -0.1) is 0 Å². The van der Waals surface area contributed by atoms with Crippen molar-refractivity contribution < 1.29 is 17.9 Å². The van der Waals surface area contributed by atoms with E-state index >= 15 is 0 Å². The first-order valence-electron chi connectivity index (χ1n) is 8.51. The van der Waals surface area contributed by atoms with Crippen molar-refractivity contribution >= 4 is 32.8 Å². The molecule has 1 aliphatic heterocycles. The monoisotopic (exact) mass is 405 g/mol. The van der Waals surface area contributed by atoms with Gasteiger partial charge in [0.25, 0.3) is 0 Å². The van der Waals surface area contributed by atoms with Gasteiger partial charge in [0, 0.05) is 12.1 Å². The van der Waals surface area contributed by atoms with Crippen molar-refractivity contribution in [2.45, 2.75) is 23.8 Å². The van der Waals surface area contributed by atoms with Crippen molar-refractivity contribution in [1.82, 2.24) is 13.1 Å². The van der Waals surface area contributed by atoms with Gasteiger partial charge in [-0.3, -0.25) is 0 Å². The number of hydrogen-bond donors (Lipinski definition) is 0. The standard InChI is InChI=1S/C18H19N3O4S2/c1-24-12-8-9-16(25-2)13(11-12)15-6-4-10-21(15)27(22,23)17-7-3-5-14-18(17)20-26-19-14/h3,5,7-9,11,15H,4,6,10H2,1-2H3. The van der Waals surface area contributed by atoms with Gasteiger partial charge < -0.3 is 9.47 Å². The summed E-state index contributed by atoms with van der Waals surface area (Å²) < 4.78 is 47.7. The van der Waals surface area contributed by atoms with Crippen molar-refractivity contribution in [3.05, 3.63) is 42.0 Å². The zero-order valence-corrected chi connectivity index (χ0v) is 16.6. The molecule has 0 aliphatic carbocycles. The molecule has 27 heavy (non-hydrogen) atoms. The Labute approximate surface area is 161 Å². The Hall–Kier alpha value is -2.23. The van der Waals surface area contributed by atoms with E-state index in [1.807, 2.05) is 12.1 Å². The molecule has 1 unspecified atom stereocenters. The second kappa shape index (κ2) is 7.06. The fourth-order valence-corrected chi connectivity index (χ4v) is 5.98. The van der Waals surface area contributed by atoms with Crippen LogP contribution >= 0.6 is 11.7 Å². The van der Waals surface area contributed by atoms with Crippen LogP contribution in [0.2, 0.25) is 0 Å². The second-order valence-corrected chi connectivity index (χ2v) is 8.66. The van der Waals surface area contributed by atoms with Gasteiger partial charge in [-0.05, 0) is 43.2 Å². The quantitative estimate of drug-likeness (QED) is 0.648. The van der Waals surface area contributed by atoms with Crippen LogP contribution < -0.4 is 9.47 Å². The van der Waals surface area contributed by atoms with Gasteiger partial charge in [0.15, 0.2) is 0 Å². The van der Waals surface area contributed by atoms with Crippen molar-refractivity contribution in [2.75, 3.05) is 20.8 Å². The van der Waals surface area contributed by atoms with Crippen LogP contribution in [0.5, 0.6) is 11.5 Å². The molecule has 142 valence electrons. The third-order valence-electron chi connectivity index (χ3n) is 4.84. The number of rotatable bonds is 5. The van der Waals surface area contributed by atoms with Crippen LogP contribution in [0, 0.1) is 0 Å². The van der Waals surface area contributed by atoms with Crippen LogP contribution in [0.15, 0.2) is 41.3 Å². The minimum Gasteiger partial charge on any atom is -0.497 e. The van der Waals surface area contributed by atoms with E-state index in [2.05, 4.69) is 8.75 Å². The highest BCUT2D eigenvalue weighted by atomic mass is 32.2. The van der Waals surface area contributed by atoms with Gasteiger partial charge >= 0.3 is 0 Å². The lowest BCUT2D eigenvalue weighted by Gasteiger charge is -2.26. The summed E-state index contributed by atoms with van der Waals surface area (Å²) in [4.78, 5) is 0.197. The Morgan fingerprint density at radius 2 is 2.00 bits per heavy atom. The molecule has 0 N–H and O–H groups in total. The number of ether oxygens (including phenoxy) is 2. The van der Waals surface area contributed by atoms with Crippen LogP contribution in [-0.4, -0.2) is 42.2 Å². The second-order valence-electron chi connectivity index (χ2n) is 6.27. The molecule has 1 fully saturated rings. The molecular formula is C18H19N3O4S2. The molecular weight excluding hydrogens is 386 g/mol. The van der Waals surface area contributed by atoms with E-state index in [4.69, 9.17) is 9.47 Å². The Kier molecular flexibility index (Phi) is 4.75. The fourth-order valence-electron chi connectivity index (χ4n) is 3.55. The normalized spacial score (nSPS) is 18.1. The van der Waals surface area contributed by atoms with Crippen molar-refractivity contribution in [3.63, 3.8) is 0 Å². The first-order valence-corrected chi connectivity index (χ1v) is 10.7. The summed E-state index contributed by atoms with van der Waals surface area (Å²) in [5, 5.41) is 0. The van der Waals surface area contributed by atoms with Crippen LogP contribution in [0.4, 0.5) is 0 Å². The smallest absolute Gasteiger partial charge is 0.245 e. The Morgan fingerprint density at radius 3 is 2.78 bits per heavy atom. The number of aromatic nitrogens is 2. The number of hydrogen-bond acceptors (Lipinski definition) is 7. The molecule has 1 aliphatic rings. The lowest BCUT2D eigenvalue weighted by atomic mass is 10.0. The molecule has 4 rings (SSSR count). The number of sulfonamides is 1. The molecule has 0 spiro atoms. The van der Waals surface area contributed by atoms with Gasteiger partial charge in [-0.1, -0.05) is 6.07 Å². The van der Waals surface area contributed by atoms with E-state index in [1.54, 1.807) is 42.8 Å². The van der Waals surface area contributed by atoms with Gasteiger partial charge in [0.05, 0.1) is 32.0 Å². The molecule has 2 aromatic carbocycles. The summed E-state index contributed by atoms with van der Waals surface area (Å²) in [7, 11) is -0.564. The van der Waals surface area contributed by atoms with E-state index < -0.39 is 10.0 Å². The minimum atomic E-state index is -3.74. The van der Waals surface area contributed by atoms with Crippen molar-refractivity contribution in [3.8, 4) is 11.5 Å². The number of methoxy groups -OCH3 is 2. The maximum Gasteiger partial charge on any atom is 0.245 e. The zero-order valence-electron chi connectivity index (χ0n) is 15.0. The maximum atomic E-state index is 13.5. The highest BCUT2D eigenvalue weighted by molar-refractivity contribution is 7.89. The van der Waals surface area contributed by atoms with Gasteiger partial charge in [-0.2, -0.15) is 13.1 Å². The summed E-state index contributed by atoms with van der Waals surface area (Å²) >= 11 is 1.01. The highest BCUT2D eigenvalue weighted by Gasteiger charge is 2.38. The summed E-state index contributed by atoms with van der Waals surface area (Å²) in [6, 6.07) is 10.2. The van der Waals surface area contributed by atoms with E-state index in [0.29, 0.717) is 35.5 Å². The third kappa shape index (κ3) is 3.05. The molecule has 0 bridgehead atoms. The fraction of sp³-hybridized carbons (Fsp3) is 0.333. The Bertz CT molecular complexity index is 1080. The first kappa shape index (κ1) is 18.1. The van der Waals surface area contributed by atoms with E-state index in [1.165, 1.54) is 0 Å². The van der Waals surface area contributed by atoms with Crippen molar-refractivity contribution in [2.24, 2.45) is 0 Å². The SMILES string of the molecule is COc1ccc(OC)c(C2CCCN2S(=O)(=O)c2cccc3nsnc23)c1. The molecule has 9 heteroatoms. The third-order valence-corrected chi connectivity index (χ3v) is 7.32. The molecule has 1 aromatic heterocycles. The van der Waals surface area contributed by atoms with E-state index in [0.717, 1.165) is 23.7 Å². The molecule has 2 heterocycles. The van der Waals surface area contributed by atoms with Crippen LogP contribution in [0.3, 0.4) is 0 Å². The summed E-state index contributed by atoms with van der Waals surface area (Å²) in [5.74, 6) is 1.32. The average molecular weight is 406 g/mol. The molecule has 7 nitrogen and oxygen atoms in total. The molecule has 0 radical (unpaired) electrons.